The molecule has 0 radical (unpaired) electrons. The zero-order chi connectivity index (χ0) is 13.9. The summed E-state index contributed by atoms with van der Waals surface area (Å²) in [5.41, 5.74) is 2.71. The van der Waals surface area contributed by atoms with E-state index in [-0.39, 0.29) is 0 Å². The number of pyridine rings is 1. The van der Waals surface area contributed by atoms with Gasteiger partial charge >= 0.3 is 0 Å². The number of fused-ring (bicyclic) bond motifs is 1. The molecule has 1 aromatic carbocycles. The fraction of sp³-hybridized carbons (Fsp3) is 0.133. The lowest BCUT2D eigenvalue weighted by Crippen LogP contribution is -1.93. The molecule has 102 valence electrons. The Morgan fingerprint density at radius 3 is 2.55 bits per heavy atom. The first kappa shape index (κ1) is 12.3. The van der Waals surface area contributed by atoms with Crippen molar-refractivity contribution in [1.82, 2.24) is 9.97 Å². The zero-order valence-electron chi connectivity index (χ0n) is 11.3. The molecule has 5 heteroatoms. The van der Waals surface area contributed by atoms with Crippen LogP contribution in [0.15, 0.2) is 42.7 Å². The Bertz CT molecular complexity index is 715. The van der Waals surface area contributed by atoms with Gasteiger partial charge in [0.1, 0.15) is 17.1 Å². The molecule has 20 heavy (non-hydrogen) atoms. The second-order valence-corrected chi connectivity index (χ2v) is 4.33. The first-order chi connectivity index (χ1) is 9.80. The van der Waals surface area contributed by atoms with E-state index in [0.29, 0.717) is 0 Å². The van der Waals surface area contributed by atoms with Crippen LogP contribution in [0.5, 0.6) is 11.5 Å². The first-order valence-corrected chi connectivity index (χ1v) is 6.22. The number of H-pyrrole nitrogens is 1. The molecule has 0 spiro atoms. The van der Waals surface area contributed by atoms with Crippen LogP contribution in [0.4, 0.5) is 11.4 Å². The number of nitrogens with one attached hydrogen (secondary N) is 2. The molecule has 0 aliphatic carbocycles. The van der Waals surface area contributed by atoms with Crippen molar-refractivity contribution in [3.05, 3.63) is 42.7 Å². The average Bonchev–Trinajstić information content (AvgIpc) is 2.90. The van der Waals surface area contributed by atoms with Crippen LogP contribution in [0, 0.1) is 0 Å². The molecule has 0 saturated heterocycles. The summed E-state index contributed by atoms with van der Waals surface area (Å²) in [5, 5.41) is 4.38. The highest BCUT2D eigenvalue weighted by Crippen LogP contribution is 2.30. The fourth-order valence-electron chi connectivity index (χ4n) is 2.09. The second kappa shape index (κ2) is 5.13. The first-order valence-electron chi connectivity index (χ1n) is 6.22. The van der Waals surface area contributed by atoms with E-state index in [1.165, 1.54) is 0 Å². The van der Waals surface area contributed by atoms with E-state index in [4.69, 9.17) is 9.47 Å². The van der Waals surface area contributed by atoms with Crippen LogP contribution in [0.1, 0.15) is 0 Å². The third kappa shape index (κ3) is 2.25. The van der Waals surface area contributed by atoms with Crippen molar-refractivity contribution in [1.29, 1.82) is 0 Å². The van der Waals surface area contributed by atoms with Crippen LogP contribution < -0.4 is 14.8 Å². The molecule has 0 unspecified atom stereocenters. The summed E-state index contributed by atoms with van der Waals surface area (Å²) >= 11 is 0. The van der Waals surface area contributed by atoms with Crippen molar-refractivity contribution >= 4 is 22.4 Å². The lowest BCUT2D eigenvalue weighted by molar-refractivity contribution is 0.395. The lowest BCUT2D eigenvalue weighted by Gasteiger charge is -2.10. The number of methoxy groups -OCH3 is 2. The number of hydrogen-bond acceptors (Lipinski definition) is 4. The summed E-state index contributed by atoms with van der Waals surface area (Å²) in [6, 6.07) is 9.59. The van der Waals surface area contributed by atoms with Gasteiger partial charge in [-0.05, 0) is 12.1 Å². The van der Waals surface area contributed by atoms with Gasteiger partial charge in [0.05, 0.1) is 19.9 Å². The summed E-state index contributed by atoms with van der Waals surface area (Å²) in [5.74, 6) is 1.48. The smallest absolute Gasteiger partial charge is 0.139 e. The van der Waals surface area contributed by atoms with Crippen molar-refractivity contribution in [2.24, 2.45) is 0 Å². The van der Waals surface area contributed by atoms with Crippen LogP contribution in [0.25, 0.3) is 11.0 Å². The molecule has 0 aliphatic rings. The fourth-order valence-corrected chi connectivity index (χ4v) is 2.09. The predicted molar refractivity (Wildman–Crippen MR) is 78.9 cm³/mol. The third-order valence-electron chi connectivity index (χ3n) is 3.08. The minimum atomic E-state index is 0.741. The number of anilines is 2. The molecule has 2 N–H and O–H groups in total. The summed E-state index contributed by atoms with van der Waals surface area (Å²) in [7, 11) is 3.27. The topological polar surface area (TPSA) is 59.2 Å². The van der Waals surface area contributed by atoms with Gasteiger partial charge in [0.25, 0.3) is 0 Å². The Kier molecular flexibility index (Phi) is 3.16. The van der Waals surface area contributed by atoms with Crippen LogP contribution in [-0.2, 0) is 0 Å². The maximum absolute atomic E-state index is 5.26. The van der Waals surface area contributed by atoms with Gasteiger partial charge in [0.2, 0.25) is 0 Å². The lowest BCUT2D eigenvalue weighted by atomic mass is 10.2. The number of benzene rings is 1. The van der Waals surface area contributed by atoms with E-state index in [9.17, 15) is 0 Å². The average molecular weight is 269 g/mol. The predicted octanol–water partition coefficient (Wildman–Crippen LogP) is 3.32. The highest BCUT2D eigenvalue weighted by Gasteiger charge is 2.06. The molecular weight excluding hydrogens is 254 g/mol. The van der Waals surface area contributed by atoms with Gasteiger partial charge in [0.15, 0.2) is 0 Å². The van der Waals surface area contributed by atoms with Crippen LogP contribution in [0.3, 0.4) is 0 Å². The van der Waals surface area contributed by atoms with E-state index in [2.05, 4.69) is 15.3 Å². The molecule has 0 saturated carbocycles. The van der Waals surface area contributed by atoms with Gasteiger partial charge in [-0.25, -0.2) is 4.98 Å². The molecule has 3 aromatic rings. The van der Waals surface area contributed by atoms with Gasteiger partial charge in [-0.2, -0.15) is 0 Å². The SMILES string of the molecule is COc1cc(Nc2c[nH]c3ncccc23)cc(OC)c1. The molecule has 0 fully saturated rings. The highest BCUT2D eigenvalue weighted by atomic mass is 16.5. The van der Waals surface area contributed by atoms with Gasteiger partial charge in [0, 0.05) is 41.7 Å². The molecule has 3 rings (SSSR count). The summed E-state index contributed by atoms with van der Waals surface area (Å²) in [6.45, 7) is 0. The summed E-state index contributed by atoms with van der Waals surface area (Å²) < 4.78 is 10.5. The Balaban J connectivity index is 1.98. The van der Waals surface area contributed by atoms with E-state index < -0.39 is 0 Å². The van der Waals surface area contributed by atoms with Crippen LogP contribution >= 0.6 is 0 Å². The Morgan fingerprint density at radius 2 is 1.85 bits per heavy atom. The highest BCUT2D eigenvalue weighted by molar-refractivity contribution is 5.91. The minimum absolute atomic E-state index is 0.741. The second-order valence-electron chi connectivity index (χ2n) is 4.33. The van der Waals surface area contributed by atoms with Crippen molar-refractivity contribution in [3.8, 4) is 11.5 Å². The summed E-state index contributed by atoms with van der Waals surface area (Å²) in [6.07, 6.45) is 3.65. The number of aromatic amines is 1. The number of rotatable bonds is 4. The molecular formula is C15H15N3O2. The van der Waals surface area contributed by atoms with Crippen molar-refractivity contribution in [2.45, 2.75) is 0 Å². The van der Waals surface area contributed by atoms with Crippen LogP contribution in [-0.4, -0.2) is 24.2 Å². The number of aromatic nitrogens is 2. The normalized spacial score (nSPS) is 10.5. The van der Waals surface area contributed by atoms with Crippen molar-refractivity contribution in [2.75, 3.05) is 19.5 Å². The molecule has 0 aliphatic heterocycles. The van der Waals surface area contributed by atoms with E-state index in [1.807, 2.05) is 36.5 Å². The maximum Gasteiger partial charge on any atom is 0.139 e. The van der Waals surface area contributed by atoms with Crippen LogP contribution in [0.2, 0.25) is 0 Å². The molecule has 0 bridgehead atoms. The number of hydrogen-bond donors (Lipinski definition) is 2. The van der Waals surface area contributed by atoms with Crippen molar-refractivity contribution in [3.63, 3.8) is 0 Å². The largest absolute Gasteiger partial charge is 0.497 e. The van der Waals surface area contributed by atoms with Gasteiger partial charge < -0.3 is 19.8 Å². The zero-order valence-corrected chi connectivity index (χ0v) is 11.3. The van der Waals surface area contributed by atoms with E-state index in [1.54, 1.807) is 20.4 Å². The monoisotopic (exact) mass is 269 g/mol. The van der Waals surface area contributed by atoms with Gasteiger partial charge in [-0.1, -0.05) is 0 Å². The Morgan fingerprint density at radius 1 is 1.10 bits per heavy atom. The maximum atomic E-state index is 5.26. The molecule has 2 heterocycles. The third-order valence-corrected chi connectivity index (χ3v) is 3.08. The molecule has 0 amide bonds. The van der Waals surface area contributed by atoms with Gasteiger partial charge in [-0.3, -0.25) is 0 Å². The quantitative estimate of drug-likeness (QED) is 0.762. The number of nitrogens with zero attached hydrogens (tertiary/aromatic N) is 1. The van der Waals surface area contributed by atoms with Crippen molar-refractivity contribution < 1.29 is 9.47 Å². The number of ether oxygens (including phenoxy) is 2. The molecule has 5 nitrogen and oxygen atoms in total. The Labute approximate surface area is 116 Å². The van der Waals surface area contributed by atoms with E-state index >= 15 is 0 Å². The standard InChI is InChI=1S/C15H15N3O2/c1-19-11-6-10(7-12(8-11)20-2)18-14-9-17-15-13(14)4-3-5-16-15/h3-9,18H,1-2H3,(H,16,17). The Hall–Kier alpha value is -2.69. The molecule has 2 aromatic heterocycles. The minimum Gasteiger partial charge on any atom is -0.497 e. The summed E-state index contributed by atoms with van der Waals surface area (Å²) in [4.78, 5) is 7.40. The van der Waals surface area contributed by atoms with Gasteiger partial charge in [-0.15, -0.1) is 0 Å². The molecule has 0 atom stereocenters. The van der Waals surface area contributed by atoms with E-state index in [0.717, 1.165) is 33.9 Å².